The molecular formula is C23H20F3N7O3. The van der Waals surface area contributed by atoms with Crippen LogP contribution in [0.15, 0.2) is 73.2 Å². The molecular weight excluding hydrogens is 479 g/mol. The molecule has 2 heterocycles. The van der Waals surface area contributed by atoms with E-state index in [1.165, 1.54) is 42.5 Å². The molecule has 4 aromatic rings. The lowest BCUT2D eigenvalue weighted by Crippen LogP contribution is -2.28. The monoisotopic (exact) mass is 499 g/mol. The number of carbonyl (C=O) groups excluding carboxylic acids is 1. The van der Waals surface area contributed by atoms with E-state index in [9.17, 15) is 23.1 Å². The number of pyridine rings is 1. The lowest BCUT2D eigenvalue weighted by atomic mass is 10.1. The minimum absolute atomic E-state index is 0.0140. The Morgan fingerprint density at radius 1 is 1.03 bits per heavy atom. The zero-order chi connectivity index (χ0) is 25.7. The molecule has 2 aromatic heterocycles. The van der Waals surface area contributed by atoms with E-state index < -0.39 is 18.1 Å². The third-order valence-electron chi connectivity index (χ3n) is 4.87. The Morgan fingerprint density at radius 2 is 1.81 bits per heavy atom. The van der Waals surface area contributed by atoms with Gasteiger partial charge in [-0.3, -0.25) is 9.78 Å². The van der Waals surface area contributed by atoms with Crippen molar-refractivity contribution in [3.05, 3.63) is 84.4 Å². The van der Waals surface area contributed by atoms with Gasteiger partial charge >= 0.3 is 6.18 Å². The van der Waals surface area contributed by atoms with Crippen LogP contribution in [-0.4, -0.2) is 44.4 Å². The number of aromatic nitrogens is 4. The summed E-state index contributed by atoms with van der Waals surface area (Å²) in [6.07, 6.45) is -1.73. The first kappa shape index (κ1) is 24.5. The molecule has 0 aliphatic carbocycles. The molecule has 0 saturated carbocycles. The SMILES string of the molecule is CNC(=O)c1cc(Oc2ccc(NC(O)Nc3cc(C(F)(F)F)ccc3-n3ccnn3)cc2)ccn1. The highest BCUT2D eigenvalue weighted by atomic mass is 19.4. The van der Waals surface area contributed by atoms with Gasteiger partial charge in [0, 0.05) is 25.0 Å². The maximum Gasteiger partial charge on any atom is 0.416 e. The van der Waals surface area contributed by atoms with Gasteiger partial charge in [-0.05, 0) is 48.5 Å². The summed E-state index contributed by atoms with van der Waals surface area (Å²) in [7, 11) is 1.50. The van der Waals surface area contributed by atoms with Gasteiger partial charge in [0.2, 0.25) is 6.35 Å². The highest BCUT2D eigenvalue weighted by molar-refractivity contribution is 5.92. The van der Waals surface area contributed by atoms with Crippen LogP contribution >= 0.6 is 0 Å². The Bertz CT molecular complexity index is 1330. The van der Waals surface area contributed by atoms with Crippen LogP contribution in [0.2, 0.25) is 0 Å². The molecule has 1 atom stereocenters. The molecule has 0 saturated heterocycles. The molecule has 1 unspecified atom stereocenters. The first-order valence-corrected chi connectivity index (χ1v) is 10.5. The summed E-state index contributed by atoms with van der Waals surface area (Å²) in [5.41, 5.74) is 0.0106. The Morgan fingerprint density at radius 3 is 2.47 bits per heavy atom. The van der Waals surface area contributed by atoms with Crippen molar-refractivity contribution in [2.24, 2.45) is 0 Å². The van der Waals surface area contributed by atoms with Crippen molar-refractivity contribution in [3.63, 3.8) is 0 Å². The van der Waals surface area contributed by atoms with Crippen LogP contribution in [0.1, 0.15) is 16.1 Å². The van der Waals surface area contributed by atoms with E-state index >= 15 is 0 Å². The van der Waals surface area contributed by atoms with E-state index in [1.54, 1.807) is 30.3 Å². The highest BCUT2D eigenvalue weighted by Gasteiger charge is 2.31. The van der Waals surface area contributed by atoms with Crippen LogP contribution in [0.5, 0.6) is 11.5 Å². The minimum atomic E-state index is -4.57. The van der Waals surface area contributed by atoms with Crippen LogP contribution in [0.25, 0.3) is 5.69 Å². The fraction of sp³-hybridized carbons (Fsp3) is 0.130. The number of carbonyl (C=O) groups is 1. The van der Waals surface area contributed by atoms with Gasteiger partial charge in [0.1, 0.15) is 17.2 Å². The van der Waals surface area contributed by atoms with Crippen LogP contribution in [0.4, 0.5) is 24.5 Å². The lowest BCUT2D eigenvalue weighted by molar-refractivity contribution is -0.137. The summed E-state index contributed by atoms with van der Waals surface area (Å²) in [5, 5.41) is 25.8. The molecule has 186 valence electrons. The molecule has 0 aliphatic rings. The quantitative estimate of drug-likeness (QED) is 0.271. The summed E-state index contributed by atoms with van der Waals surface area (Å²) >= 11 is 0. The van der Waals surface area contributed by atoms with Crippen LogP contribution < -0.4 is 20.7 Å². The maximum atomic E-state index is 13.2. The summed E-state index contributed by atoms with van der Waals surface area (Å²) in [6.45, 7) is 0. The average molecular weight is 499 g/mol. The Balaban J connectivity index is 1.45. The topological polar surface area (TPSA) is 126 Å². The van der Waals surface area contributed by atoms with Crippen LogP contribution in [0, 0.1) is 0 Å². The molecule has 0 fully saturated rings. The molecule has 0 radical (unpaired) electrons. The Hall–Kier alpha value is -4.65. The van der Waals surface area contributed by atoms with Crippen molar-refractivity contribution in [3.8, 4) is 17.2 Å². The number of hydrogen-bond acceptors (Lipinski definition) is 8. The van der Waals surface area contributed by atoms with E-state index in [-0.39, 0.29) is 23.0 Å². The number of nitrogens with zero attached hydrogens (tertiary/aromatic N) is 4. The molecule has 1 amide bonds. The van der Waals surface area contributed by atoms with Crippen molar-refractivity contribution < 1.29 is 27.8 Å². The summed E-state index contributed by atoms with van der Waals surface area (Å²) in [6, 6.07) is 12.5. The van der Waals surface area contributed by atoms with Crippen LogP contribution in [-0.2, 0) is 6.18 Å². The number of halogens is 3. The standard InChI is InChI=1S/C23H20F3N7O3/c1-27-21(34)19-13-17(8-9-28-19)36-16-5-3-15(4-6-16)30-22(35)31-18-12-14(23(24,25)26)2-7-20(18)33-11-10-29-32-33/h2-13,22,30-31,35H,1H3,(H,27,34). The maximum absolute atomic E-state index is 13.2. The van der Waals surface area contributed by atoms with E-state index in [1.807, 2.05) is 0 Å². The molecule has 13 heteroatoms. The molecule has 0 bridgehead atoms. The predicted octanol–water partition coefficient (Wildman–Crippen LogP) is 3.63. The van der Waals surface area contributed by atoms with E-state index in [2.05, 4.69) is 31.2 Å². The number of aliphatic hydroxyl groups excluding tert-OH is 1. The van der Waals surface area contributed by atoms with Gasteiger partial charge in [-0.25, -0.2) is 4.68 Å². The zero-order valence-corrected chi connectivity index (χ0v) is 18.7. The molecule has 10 nitrogen and oxygen atoms in total. The zero-order valence-electron chi connectivity index (χ0n) is 18.7. The molecule has 36 heavy (non-hydrogen) atoms. The van der Waals surface area contributed by atoms with Gasteiger partial charge < -0.3 is 25.8 Å². The molecule has 4 N–H and O–H groups in total. The summed E-state index contributed by atoms with van der Waals surface area (Å²) in [5.74, 6) is 0.494. The van der Waals surface area contributed by atoms with Gasteiger partial charge in [0.25, 0.3) is 5.91 Å². The van der Waals surface area contributed by atoms with Gasteiger partial charge in [-0.1, -0.05) is 5.21 Å². The lowest BCUT2D eigenvalue weighted by Gasteiger charge is -2.20. The Labute approximate surface area is 202 Å². The number of nitrogens with one attached hydrogen (secondary N) is 3. The predicted molar refractivity (Wildman–Crippen MR) is 124 cm³/mol. The van der Waals surface area contributed by atoms with Crippen molar-refractivity contribution >= 4 is 17.3 Å². The first-order chi connectivity index (χ1) is 17.2. The van der Waals surface area contributed by atoms with Crippen LogP contribution in [0.3, 0.4) is 0 Å². The third kappa shape index (κ3) is 5.88. The second-order valence-electron chi connectivity index (χ2n) is 7.35. The van der Waals surface area contributed by atoms with Gasteiger partial charge in [0.05, 0.1) is 29.3 Å². The molecule has 0 aliphatic heterocycles. The average Bonchev–Trinajstić information content (AvgIpc) is 3.39. The number of anilines is 2. The van der Waals surface area contributed by atoms with E-state index in [0.29, 0.717) is 17.2 Å². The normalized spacial score (nSPS) is 12.0. The molecule has 4 rings (SSSR count). The molecule has 0 spiro atoms. The number of hydrogen-bond donors (Lipinski definition) is 4. The van der Waals surface area contributed by atoms with Crippen molar-refractivity contribution in [2.45, 2.75) is 12.5 Å². The summed E-state index contributed by atoms with van der Waals surface area (Å²) in [4.78, 5) is 15.7. The van der Waals surface area contributed by atoms with E-state index in [0.717, 1.165) is 12.1 Å². The summed E-state index contributed by atoms with van der Waals surface area (Å²) < 4.78 is 46.7. The minimum Gasteiger partial charge on any atom is -0.457 e. The molecule has 2 aromatic carbocycles. The highest BCUT2D eigenvalue weighted by Crippen LogP contribution is 2.33. The number of rotatable bonds is 8. The second-order valence-corrected chi connectivity index (χ2v) is 7.35. The number of ether oxygens (including phenoxy) is 1. The van der Waals surface area contributed by atoms with Gasteiger partial charge in [-0.15, -0.1) is 5.10 Å². The van der Waals surface area contributed by atoms with Gasteiger partial charge in [-0.2, -0.15) is 13.2 Å². The van der Waals surface area contributed by atoms with Crippen molar-refractivity contribution in [1.82, 2.24) is 25.3 Å². The first-order valence-electron chi connectivity index (χ1n) is 10.5. The fourth-order valence-electron chi connectivity index (χ4n) is 3.19. The Kier molecular flexibility index (Phi) is 7.01. The smallest absolute Gasteiger partial charge is 0.416 e. The number of amides is 1. The van der Waals surface area contributed by atoms with Gasteiger partial charge in [0.15, 0.2) is 0 Å². The number of aliphatic hydroxyl groups is 1. The number of alkyl halides is 3. The van der Waals surface area contributed by atoms with Crippen molar-refractivity contribution in [2.75, 3.05) is 17.7 Å². The third-order valence-corrected chi connectivity index (χ3v) is 4.87. The largest absolute Gasteiger partial charge is 0.457 e. The van der Waals surface area contributed by atoms with Crippen molar-refractivity contribution in [1.29, 1.82) is 0 Å². The van der Waals surface area contributed by atoms with E-state index in [4.69, 9.17) is 4.74 Å². The fourth-order valence-corrected chi connectivity index (χ4v) is 3.19. The second kappa shape index (κ2) is 10.3. The number of benzene rings is 2.